The third-order valence-electron chi connectivity index (χ3n) is 4.65. The molecule has 20 heavy (non-hydrogen) atoms. The predicted molar refractivity (Wildman–Crippen MR) is 80.9 cm³/mol. The summed E-state index contributed by atoms with van der Waals surface area (Å²) in [6.45, 7) is 2.90. The van der Waals surface area contributed by atoms with Crippen LogP contribution in [-0.4, -0.2) is 40.4 Å². The van der Waals surface area contributed by atoms with Crippen molar-refractivity contribution in [2.75, 3.05) is 13.6 Å². The van der Waals surface area contributed by atoms with Crippen molar-refractivity contribution in [1.29, 1.82) is 0 Å². The SMILES string of the molecule is Cc1nc([C@H]2CCCN2C(=O)N(C)C2CCCC2)cs1. The number of thiazole rings is 1. The molecular formula is C15H23N3OS. The lowest BCUT2D eigenvalue weighted by molar-refractivity contribution is 0.141. The Morgan fingerprint density at radius 2 is 2.10 bits per heavy atom. The molecule has 0 unspecified atom stereocenters. The Balaban J connectivity index is 1.72. The van der Waals surface area contributed by atoms with E-state index in [0.29, 0.717) is 6.04 Å². The Bertz CT molecular complexity index is 481. The summed E-state index contributed by atoms with van der Waals surface area (Å²) in [4.78, 5) is 21.3. The van der Waals surface area contributed by atoms with Gasteiger partial charge < -0.3 is 9.80 Å². The maximum atomic E-state index is 12.8. The van der Waals surface area contributed by atoms with E-state index in [1.165, 1.54) is 12.8 Å². The fourth-order valence-electron chi connectivity index (χ4n) is 3.49. The van der Waals surface area contributed by atoms with Crippen molar-refractivity contribution < 1.29 is 4.79 Å². The van der Waals surface area contributed by atoms with E-state index in [0.717, 1.165) is 42.9 Å². The summed E-state index contributed by atoms with van der Waals surface area (Å²) in [6.07, 6.45) is 6.99. The molecule has 1 aromatic heterocycles. The van der Waals surface area contributed by atoms with Gasteiger partial charge in [-0.15, -0.1) is 11.3 Å². The molecule has 1 saturated heterocycles. The fourth-order valence-corrected chi connectivity index (χ4v) is 4.15. The predicted octanol–water partition coefficient (Wildman–Crippen LogP) is 3.58. The molecule has 3 rings (SSSR count). The van der Waals surface area contributed by atoms with Gasteiger partial charge in [-0.25, -0.2) is 9.78 Å². The first-order valence-electron chi connectivity index (χ1n) is 7.62. The monoisotopic (exact) mass is 293 g/mol. The zero-order chi connectivity index (χ0) is 14.1. The lowest BCUT2D eigenvalue weighted by Gasteiger charge is -2.32. The number of amides is 2. The normalized spacial score (nSPS) is 23.5. The third kappa shape index (κ3) is 2.55. The highest BCUT2D eigenvalue weighted by Crippen LogP contribution is 2.34. The van der Waals surface area contributed by atoms with Crippen molar-refractivity contribution in [1.82, 2.24) is 14.8 Å². The smallest absolute Gasteiger partial charge is 0.320 e. The number of aromatic nitrogens is 1. The Kier molecular flexibility index (Phi) is 3.96. The Hall–Kier alpha value is -1.10. The number of nitrogens with zero attached hydrogens (tertiary/aromatic N) is 3. The molecule has 0 bridgehead atoms. The molecule has 1 aliphatic heterocycles. The average Bonchev–Trinajstić information content (AvgIpc) is 3.17. The van der Waals surface area contributed by atoms with Crippen molar-refractivity contribution in [2.45, 2.75) is 57.5 Å². The quantitative estimate of drug-likeness (QED) is 0.835. The summed E-state index contributed by atoms with van der Waals surface area (Å²) in [7, 11) is 1.97. The summed E-state index contributed by atoms with van der Waals surface area (Å²) in [5.41, 5.74) is 1.08. The van der Waals surface area contributed by atoms with Gasteiger partial charge in [0.2, 0.25) is 0 Å². The number of hydrogen-bond donors (Lipinski definition) is 0. The van der Waals surface area contributed by atoms with Crippen molar-refractivity contribution in [3.05, 3.63) is 16.1 Å². The van der Waals surface area contributed by atoms with Crippen LogP contribution in [-0.2, 0) is 0 Å². The maximum absolute atomic E-state index is 12.8. The molecule has 2 fully saturated rings. The van der Waals surface area contributed by atoms with E-state index in [4.69, 9.17) is 0 Å². The van der Waals surface area contributed by atoms with Crippen LogP contribution >= 0.6 is 11.3 Å². The van der Waals surface area contributed by atoms with Gasteiger partial charge in [0.1, 0.15) is 0 Å². The number of urea groups is 1. The summed E-state index contributed by atoms with van der Waals surface area (Å²) in [5, 5.41) is 3.20. The molecule has 1 atom stereocenters. The summed E-state index contributed by atoms with van der Waals surface area (Å²) in [6, 6.07) is 0.835. The van der Waals surface area contributed by atoms with Gasteiger partial charge in [-0.2, -0.15) is 0 Å². The summed E-state index contributed by atoms with van der Waals surface area (Å²) >= 11 is 1.68. The van der Waals surface area contributed by atoms with Gasteiger partial charge >= 0.3 is 6.03 Å². The van der Waals surface area contributed by atoms with Gasteiger partial charge in [-0.05, 0) is 32.6 Å². The Morgan fingerprint density at radius 3 is 2.75 bits per heavy atom. The van der Waals surface area contributed by atoms with Gasteiger partial charge in [0.05, 0.1) is 16.7 Å². The second-order valence-electron chi connectivity index (χ2n) is 5.97. The van der Waals surface area contributed by atoms with Crippen LogP contribution in [0.2, 0.25) is 0 Å². The van der Waals surface area contributed by atoms with Crippen LogP contribution in [0, 0.1) is 6.92 Å². The highest BCUT2D eigenvalue weighted by Gasteiger charge is 2.35. The van der Waals surface area contributed by atoms with Gasteiger partial charge in [0, 0.05) is 25.0 Å². The van der Waals surface area contributed by atoms with Crippen LogP contribution < -0.4 is 0 Å². The molecule has 0 radical (unpaired) electrons. The topological polar surface area (TPSA) is 36.4 Å². The minimum absolute atomic E-state index is 0.191. The van der Waals surface area contributed by atoms with Crippen LogP contribution in [0.1, 0.15) is 55.3 Å². The highest BCUT2D eigenvalue weighted by molar-refractivity contribution is 7.09. The van der Waals surface area contributed by atoms with E-state index in [9.17, 15) is 4.79 Å². The van der Waals surface area contributed by atoms with E-state index in [1.807, 2.05) is 23.8 Å². The van der Waals surface area contributed by atoms with Crippen LogP contribution in [0.4, 0.5) is 4.79 Å². The molecule has 0 aromatic carbocycles. The molecule has 2 heterocycles. The highest BCUT2D eigenvalue weighted by atomic mass is 32.1. The Labute approximate surface area is 124 Å². The third-order valence-corrected chi connectivity index (χ3v) is 5.44. The van der Waals surface area contributed by atoms with Crippen LogP contribution in [0.3, 0.4) is 0 Å². The lowest BCUT2D eigenvalue weighted by atomic mass is 10.1. The zero-order valence-electron chi connectivity index (χ0n) is 12.3. The van der Waals surface area contributed by atoms with Gasteiger partial charge in [0.15, 0.2) is 0 Å². The maximum Gasteiger partial charge on any atom is 0.320 e. The molecule has 2 aliphatic rings. The first-order chi connectivity index (χ1) is 9.66. The van der Waals surface area contributed by atoms with Crippen LogP contribution in [0.25, 0.3) is 0 Å². The molecule has 1 aliphatic carbocycles. The Morgan fingerprint density at radius 1 is 1.35 bits per heavy atom. The molecule has 5 heteroatoms. The minimum Gasteiger partial charge on any atom is -0.325 e. The van der Waals surface area contributed by atoms with Crippen LogP contribution in [0.5, 0.6) is 0 Å². The van der Waals surface area contributed by atoms with Crippen molar-refractivity contribution >= 4 is 17.4 Å². The van der Waals surface area contributed by atoms with Crippen molar-refractivity contribution in [3.8, 4) is 0 Å². The van der Waals surface area contributed by atoms with Crippen LogP contribution in [0.15, 0.2) is 5.38 Å². The number of aryl methyl sites for hydroxylation is 1. The van der Waals surface area contributed by atoms with Crippen molar-refractivity contribution in [3.63, 3.8) is 0 Å². The number of rotatable bonds is 2. The molecule has 0 N–H and O–H groups in total. The molecule has 1 saturated carbocycles. The largest absolute Gasteiger partial charge is 0.325 e. The van der Waals surface area contributed by atoms with E-state index < -0.39 is 0 Å². The lowest BCUT2D eigenvalue weighted by Crippen LogP contribution is -2.44. The van der Waals surface area contributed by atoms with Gasteiger partial charge in [0.25, 0.3) is 0 Å². The summed E-state index contributed by atoms with van der Waals surface area (Å²) < 4.78 is 0. The van der Waals surface area contributed by atoms with E-state index in [2.05, 4.69) is 10.4 Å². The number of carbonyl (C=O) groups excluding carboxylic acids is 1. The second kappa shape index (κ2) is 5.72. The molecule has 110 valence electrons. The van der Waals surface area contributed by atoms with E-state index >= 15 is 0 Å². The molecular weight excluding hydrogens is 270 g/mol. The van der Waals surface area contributed by atoms with Gasteiger partial charge in [-0.3, -0.25) is 0 Å². The second-order valence-corrected chi connectivity index (χ2v) is 7.04. The number of hydrogen-bond acceptors (Lipinski definition) is 3. The molecule has 2 amide bonds. The molecule has 1 aromatic rings. The van der Waals surface area contributed by atoms with E-state index in [1.54, 1.807) is 11.3 Å². The van der Waals surface area contributed by atoms with Crippen molar-refractivity contribution in [2.24, 2.45) is 0 Å². The number of carbonyl (C=O) groups is 1. The first-order valence-corrected chi connectivity index (χ1v) is 8.50. The fraction of sp³-hybridized carbons (Fsp3) is 0.733. The molecule has 4 nitrogen and oxygen atoms in total. The minimum atomic E-state index is 0.191. The first kappa shape index (κ1) is 13.9. The molecule has 0 spiro atoms. The summed E-state index contributed by atoms with van der Waals surface area (Å²) in [5.74, 6) is 0. The van der Waals surface area contributed by atoms with Gasteiger partial charge in [-0.1, -0.05) is 12.8 Å². The standard InChI is InChI=1S/C15H23N3OS/c1-11-16-13(10-20-11)14-8-5-9-18(14)15(19)17(2)12-6-3-4-7-12/h10,12,14H,3-9H2,1-2H3/t14-/m1/s1. The number of likely N-dealkylation sites (tertiary alicyclic amines) is 1. The zero-order valence-corrected chi connectivity index (χ0v) is 13.2. The average molecular weight is 293 g/mol. The van der Waals surface area contributed by atoms with E-state index in [-0.39, 0.29) is 12.1 Å².